The first-order valence-electron chi connectivity index (χ1n) is 8.06. The molecule has 0 radical (unpaired) electrons. The van der Waals surface area contributed by atoms with Crippen LogP contribution in [0.15, 0.2) is 51.1 Å². The lowest BCUT2D eigenvalue weighted by molar-refractivity contribution is -0.388. The Morgan fingerprint density at radius 3 is 2.31 bits per heavy atom. The van der Waals surface area contributed by atoms with E-state index < -0.39 is 62.9 Å². The summed E-state index contributed by atoms with van der Waals surface area (Å²) < 4.78 is 86.4. The fourth-order valence-corrected chi connectivity index (χ4v) is 5.05. The van der Waals surface area contributed by atoms with Crippen molar-refractivity contribution in [2.24, 2.45) is 0 Å². The lowest BCUT2D eigenvalue weighted by atomic mass is 10.3. The zero-order valence-electron chi connectivity index (χ0n) is 15.7. The summed E-state index contributed by atoms with van der Waals surface area (Å²) in [5, 5.41) is 12.8. The van der Waals surface area contributed by atoms with Gasteiger partial charge < -0.3 is 5.32 Å². The van der Waals surface area contributed by atoms with Gasteiger partial charge in [0.05, 0.1) is 20.5 Å². The molecule has 1 amide bonds. The average Bonchev–Trinajstić information content (AvgIpc) is 2.67. The molecule has 0 heterocycles. The second-order valence-corrected chi connectivity index (χ2v) is 11.2. The highest BCUT2D eigenvalue weighted by Crippen LogP contribution is 2.34. The highest BCUT2D eigenvalue weighted by molar-refractivity contribution is 7.98. The number of nitro benzene ring substituents is 1. The molecule has 0 aliphatic carbocycles. The van der Waals surface area contributed by atoms with Crippen LogP contribution in [0.5, 0.6) is 0 Å². The minimum Gasteiger partial charge on any atom is -0.324 e. The molecule has 0 aliphatic rings. The minimum absolute atomic E-state index is 0.368. The Hall–Kier alpha value is -2.36. The summed E-state index contributed by atoms with van der Waals surface area (Å²) in [5.41, 5.74) is -6.97. The van der Waals surface area contributed by atoms with Gasteiger partial charge in [-0.1, -0.05) is 11.6 Å². The second-order valence-electron chi connectivity index (χ2n) is 5.99. The summed E-state index contributed by atoms with van der Waals surface area (Å²) in [5.74, 6) is -2.63. The number of alkyl halides is 3. The van der Waals surface area contributed by atoms with Crippen LogP contribution >= 0.6 is 23.4 Å². The van der Waals surface area contributed by atoms with Gasteiger partial charge in [-0.25, -0.2) is 16.8 Å². The molecule has 174 valence electrons. The first-order valence-corrected chi connectivity index (χ1v) is 12.8. The highest BCUT2D eigenvalue weighted by Gasteiger charge is 2.47. The van der Waals surface area contributed by atoms with Gasteiger partial charge in [0.15, 0.2) is 9.84 Å². The van der Waals surface area contributed by atoms with E-state index in [-0.39, 0.29) is 5.02 Å². The number of anilines is 1. The Morgan fingerprint density at radius 2 is 1.78 bits per heavy atom. The van der Waals surface area contributed by atoms with E-state index in [0.29, 0.717) is 17.0 Å². The molecule has 0 saturated carbocycles. The third-order valence-electron chi connectivity index (χ3n) is 3.85. The SMILES string of the molecule is CSc1ccc(S(=O)(=O)CC(=O)Nc2cc(S(=O)(=O)C(F)(F)F)ccc2Cl)c([N+](=O)[O-])c1. The van der Waals surface area contributed by atoms with Crippen molar-refractivity contribution in [3.05, 3.63) is 51.5 Å². The molecule has 9 nitrogen and oxygen atoms in total. The molecule has 0 bridgehead atoms. The molecule has 16 heteroatoms. The normalized spacial score (nSPS) is 12.4. The highest BCUT2D eigenvalue weighted by atomic mass is 35.5. The van der Waals surface area contributed by atoms with Crippen LogP contribution in [0.4, 0.5) is 24.5 Å². The Kier molecular flexibility index (Phi) is 7.48. The predicted molar refractivity (Wildman–Crippen MR) is 110 cm³/mol. The van der Waals surface area contributed by atoms with E-state index in [0.717, 1.165) is 30.0 Å². The fourth-order valence-electron chi connectivity index (χ4n) is 2.37. The number of hydrogen-bond donors (Lipinski definition) is 1. The molecule has 1 N–H and O–H groups in total. The zero-order chi connectivity index (χ0) is 24.5. The quantitative estimate of drug-likeness (QED) is 0.323. The molecule has 0 atom stereocenters. The van der Waals surface area contributed by atoms with Crippen LogP contribution in [0.1, 0.15) is 0 Å². The van der Waals surface area contributed by atoms with Gasteiger partial charge in [0.25, 0.3) is 15.5 Å². The van der Waals surface area contributed by atoms with E-state index in [1.165, 1.54) is 6.07 Å². The molecule has 2 rings (SSSR count). The molecule has 2 aromatic carbocycles. The number of amides is 1. The van der Waals surface area contributed by atoms with Gasteiger partial charge in [-0.3, -0.25) is 14.9 Å². The summed E-state index contributed by atoms with van der Waals surface area (Å²) in [4.78, 5) is 21.0. The third-order valence-corrected chi connectivity index (χ3v) is 8.04. The molecule has 0 saturated heterocycles. The number of halogens is 4. The van der Waals surface area contributed by atoms with Crippen molar-refractivity contribution in [1.82, 2.24) is 0 Å². The lowest BCUT2D eigenvalue weighted by Gasteiger charge is -2.12. The van der Waals surface area contributed by atoms with Crippen molar-refractivity contribution in [2.45, 2.75) is 20.2 Å². The smallest absolute Gasteiger partial charge is 0.324 e. The average molecular weight is 533 g/mol. The summed E-state index contributed by atoms with van der Waals surface area (Å²) in [6.45, 7) is 0. The standard InChI is InChI=1S/C16H12ClF3N2O7S3/c1-30-9-2-5-14(13(6-9)22(24)25)31(26,27)8-15(23)21-12-7-10(3-4-11(12)17)32(28,29)16(18,19)20/h2-7H,8H2,1H3,(H,21,23). The van der Waals surface area contributed by atoms with Crippen molar-refractivity contribution in [3.63, 3.8) is 0 Å². The third kappa shape index (κ3) is 5.51. The van der Waals surface area contributed by atoms with Gasteiger partial charge in [0.1, 0.15) is 10.6 Å². The van der Waals surface area contributed by atoms with E-state index in [1.54, 1.807) is 6.26 Å². The maximum atomic E-state index is 12.7. The van der Waals surface area contributed by atoms with Crippen molar-refractivity contribution in [3.8, 4) is 0 Å². The Morgan fingerprint density at radius 1 is 1.16 bits per heavy atom. The van der Waals surface area contributed by atoms with Crippen molar-refractivity contribution < 1.29 is 39.7 Å². The summed E-state index contributed by atoms with van der Waals surface area (Å²) in [7, 11) is -10.3. The zero-order valence-corrected chi connectivity index (χ0v) is 18.9. The maximum Gasteiger partial charge on any atom is 0.501 e. The van der Waals surface area contributed by atoms with E-state index in [4.69, 9.17) is 11.6 Å². The minimum atomic E-state index is -5.76. The van der Waals surface area contributed by atoms with Gasteiger partial charge >= 0.3 is 5.51 Å². The summed E-state index contributed by atoms with van der Waals surface area (Å²) >= 11 is 6.88. The van der Waals surface area contributed by atoms with Gasteiger partial charge in [-0.2, -0.15) is 13.2 Å². The number of nitro groups is 1. The fraction of sp³-hybridized carbons (Fsp3) is 0.188. The Balaban J connectivity index is 2.36. The van der Waals surface area contributed by atoms with E-state index in [2.05, 4.69) is 0 Å². The summed E-state index contributed by atoms with van der Waals surface area (Å²) in [6.07, 6.45) is 1.61. The van der Waals surface area contributed by atoms with E-state index in [9.17, 15) is 44.9 Å². The van der Waals surface area contributed by atoms with Crippen molar-refractivity contribution in [2.75, 3.05) is 17.3 Å². The number of sulfone groups is 2. The van der Waals surface area contributed by atoms with Crippen LogP contribution in [-0.4, -0.2) is 45.2 Å². The largest absolute Gasteiger partial charge is 0.501 e. The first-order chi connectivity index (χ1) is 14.6. The number of nitrogens with one attached hydrogen (secondary N) is 1. The molecular formula is C16H12ClF3N2O7S3. The van der Waals surface area contributed by atoms with Gasteiger partial charge in [-0.15, -0.1) is 11.8 Å². The number of hydrogen-bond acceptors (Lipinski definition) is 8. The van der Waals surface area contributed by atoms with Crippen LogP contribution in [0.25, 0.3) is 0 Å². The molecule has 0 spiro atoms. The number of carbonyl (C=O) groups is 1. The molecule has 0 fully saturated rings. The van der Waals surface area contributed by atoms with Crippen molar-refractivity contribution >= 4 is 60.3 Å². The number of thioether (sulfide) groups is 1. The number of carbonyl (C=O) groups excluding carboxylic acids is 1. The monoisotopic (exact) mass is 532 g/mol. The predicted octanol–water partition coefficient (Wildman–Crippen LogP) is 3.68. The van der Waals surface area contributed by atoms with Crippen LogP contribution in [0.3, 0.4) is 0 Å². The van der Waals surface area contributed by atoms with Crippen LogP contribution < -0.4 is 5.32 Å². The number of rotatable bonds is 7. The van der Waals surface area contributed by atoms with Gasteiger partial charge in [0.2, 0.25) is 5.91 Å². The second kappa shape index (κ2) is 9.25. The van der Waals surface area contributed by atoms with Crippen LogP contribution in [-0.2, 0) is 24.5 Å². The van der Waals surface area contributed by atoms with E-state index >= 15 is 0 Å². The molecular weight excluding hydrogens is 521 g/mol. The lowest BCUT2D eigenvalue weighted by Crippen LogP contribution is -2.25. The van der Waals surface area contributed by atoms with Crippen LogP contribution in [0.2, 0.25) is 5.02 Å². The van der Waals surface area contributed by atoms with Crippen LogP contribution in [0, 0.1) is 10.1 Å². The molecule has 0 unspecified atom stereocenters. The molecule has 2 aromatic rings. The molecule has 0 aromatic heterocycles. The number of benzene rings is 2. The van der Waals surface area contributed by atoms with E-state index in [1.807, 2.05) is 5.32 Å². The first kappa shape index (κ1) is 25.9. The topological polar surface area (TPSA) is 141 Å². The molecule has 0 aliphatic heterocycles. The molecule has 32 heavy (non-hydrogen) atoms. The van der Waals surface area contributed by atoms with Crippen molar-refractivity contribution in [1.29, 1.82) is 0 Å². The van der Waals surface area contributed by atoms with Gasteiger partial charge in [0, 0.05) is 11.0 Å². The Bertz CT molecular complexity index is 1300. The van der Waals surface area contributed by atoms with Gasteiger partial charge in [-0.05, 0) is 36.6 Å². The maximum absolute atomic E-state index is 12.7. The summed E-state index contributed by atoms with van der Waals surface area (Å²) in [6, 6.07) is 5.02. The number of nitrogens with zero attached hydrogens (tertiary/aromatic N) is 1. The Labute approximate surface area is 188 Å².